The van der Waals surface area contributed by atoms with Gasteiger partial charge in [-0.05, 0) is 24.5 Å². The molecule has 0 bridgehead atoms. The number of nitrogens with zero attached hydrogens (tertiary/aromatic N) is 3. The number of likely N-dealkylation sites (tertiary alicyclic amines) is 1. The molecule has 1 N–H and O–H groups in total. The van der Waals surface area contributed by atoms with Crippen LogP contribution in [0, 0.1) is 0 Å². The van der Waals surface area contributed by atoms with Gasteiger partial charge >= 0.3 is 0 Å². The van der Waals surface area contributed by atoms with Crippen LogP contribution in [0.3, 0.4) is 0 Å². The summed E-state index contributed by atoms with van der Waals surface area (Å²) in [6.07, 6.45) is 5.60. The van der Waals surface area contributed by atoms with Crippen molar-refractivity contribution in [2.24, 2.45) is 0 Å². The Kier molecular flexibility index (Phi) is 3.80. The molecule has 0 aromatic carbocycles. The number of hydrogen-bond donors (Lipinski definition) is 1. The molecular weight excluding hydrogens is 324 g/mol. The first-order chi connectivity index (χ1) is 11.7. The second-order valence-corrected chi connectivity index (χ2v) is 7.13. The Morgan fingerprint density at radius 2 is 2.21 bits per heavy atom. The summed E-state index contributed by atoms with van der Waals surface area (Å²) in [5, 5.41) is 4.97. The van der Waals surface area contributed by atoms with Crippen LogP contribution in [0.5, 0.6) is 0 Å². The lowest BCUT2D eigenvalue weighted by Crippen LogP contribution is -2.54. The smallest absolute Gasteiger partial charge is 0.273 e. The van der Waals surface area contributed by atoms with E-state index in [0.29, 0.717) is 25.2 Å². The monoisotopic (exact) mass is 342 g/mol. The van der Waals surface area contributed by atoms with Crippen molar-refractivity contribution in [3.63, 3.8) is 0 Å². The summed E-state index contributed by atoms with van der Waals surface area (Å²) < 4.78 is 0. The van der Waals surface area contributed by atoms with E-state index in [1.807, 2.05) is 23.2 Å². The van der Waals surface area contributed by atoms with Gasteiger partial charge in [-0.2, -0.15) is 0 Å². The molecule has 0 radical (unpaired) electrons. The Morgan fingerprint density at radius 1 is 1.38 bits per heavy atom. The molecule has 2 saturated heterocycles. The highest BCUT2D eigenvalue weighted by Crippen LogP contribution is 2.43. The molecule has 1 unspecified atom stereocenters. The van der Waals surface area contributed by atoms with Gasteiger partial charge in [-0.15, -0.1) is 11.3 Å². The maximum atomic E-state index is 12.5. The van der Waals surface area contributed by atoms with Gasteiger partial charge in [-0.25, -0.2) is 4.98 Å². The molecule has 124 valence electrons. The maximum Gasteiger partial charge on any atom is 0.273 e. The summed E-state index contributed by atoms with van der Waals surface area (Å²) in [6, 6.07) is 3.94. The summed E-state index contributed by atoms with van der Waals surface area (Å²) >= 11 is 1.43. The summed E-state index contributed by atoms with van der Waals surface area (Å²) in [7, 11) is 0. The van der Waals surface area contributed by atoms with Crippen LogP contribution in [0.4, 0.5) is 0 Å². The molecule has 2 aromatic rings. The topological polar surface area (TPSA) is 75.2 Å². The average molecular weight is 342 g/mol. The highest BCUT2D eigenvalue weighted by molar-refractivity contribution is 7.07. The van der Waals surface area contributed by atoms with Crippen LogP contribution in [0.25, 0.3) is 0 Å². The van der Waals surface area contributed by atoms with Gasteiger partial charge in [0.1, 0.15) is 5.69 Å². The van der Waals surface area contributed by atoms with Crippen LogP contribution in [0.2, 0.25) is 0 Å². The maximum absolute atomic E-state index is 12.5. The first kappa shape index (κ1) is 15.3. The number of amides is 2. The number of aromatic nitrogens is 2. The van der Waals surface area contributed by atoms with Crippen molar-refractivity contribution in [1.29, 1.82) is 0 Å². The van der Waals surface area contributed by atoms with Gasteiger partial charge in [-0.1, -0.05) is 6.07 Å². The Balaban J connectivity index is 1.52. The van der Waals surface area contributed by atoms with Crippen molar-refractivity contribution in [3.8, 4) is 0 Å². The third kappa shape index (κ3) is 2.58. The van der Waals surface area contributed by atoms with E-state index in [0.717, 1.165) is 18.4 Å². The minimum absolute atomic E-state index is 0.0200. The quantitative estimate of drug-likeness (QED) is 0.903. The first-order valence-electron chi connectivity index (χ1n) is 8.06. The number of hydrogen-bond acceptors (Lipinski definition) is 5. The fraction of sp³-hybridized carbons (Fsp3) is 0.412. The van der Waals surface area contributed by atoms with Crippen LogP contribution in [0.1, 0.15) is 41.2 Å². The van der Waals surface area contributed by atoms with Crippen LogP contribution in [-0.2, 0) is 4.79 Å². The standard InChI is InChI=1S/C17H18N4O2S/c22-15-8-13(12-2-1-5-18-9-12)17(20-15)3-6-21(7-4-17)16(23)14-10-24-11-19-14/h1-2,5,9-11,13H,3-4,6-8H2,(H,20,22). The lowest BCUT2D eigenvalue weighted by Gasteiger charge is -2.42. The number of pyridine rings is 1. The molecule has 2 aliphatic rings. The molecular formula is C17H18N4O2S. The van der Waals surface area contributed by atoms with Crippen LogP contribution >= 0.6 is 11.3 Å². The molecule has 24 heavy (non-hydrogen) atoms. The van der Waals surface area contributed by atoms with E-state index in [4.69, 9.17) is 0 Å². The highest BCUT2D eigenvalue weighted by Gasteiger charge is 2.49. The fourth-order valence-corrected chi connectivity index (χ4v) is 4.40. The van der Waals surface area contributed by atoms with Gasteiger partial charge in [0.15, 0.2) is 0 Å². The van der Waals surface area contributed by atoms with E-state index in [1.54, 1.807) is 17.1 Å². The Morgan fingerprint density at radius 3 is 2.88 bits per heavy atom. The molecule has 2 fully saturated rings. The van der Waals surface area contributed by atoms with Gasteiger partial charge in [0.05, 0.1) is 11.0 Å². The summed E-state index contributed by atoms with van der Waals surface area (Å²) in [4.78, 5) is 34.7. The van der Waals surface area contributed by atoms with Gasteiger partial charge in [0, 0.05) is 43.2 Å². The predicted octanol–water partition coefficient (Wildman–Crippen LogP) is 1.82. The van der Waals surface area contributed by atoms with Crippen molar-refractivity contribution in [2.45, 2.75) is 30.7 Å². The molecule has 1 spiro atoms. The van der Waals surface area contributed by atoms with E-state index in [2.05, 4.69) is 15.3 Å². The first-order valence-corrected chi connectivity index (χ1v) is 9.01. The zero-order valence-corrected chi connectivity index (χ0v) is 14.0. The third-order valence-corrected chi connectivity index (χ3v) is 5.71. The van der Waals surface area contributed by atoms with Crippen molar-refractivity contribution in [3.05, 3.63) is 46.7 Å². The van der Waals surface area contributed by atoms with Crippen molar-refractivity contribution < 1.29 is 9.59 Å². The largest absolute Gasteiger partial charge is 0.350 e. The Bertz CT molecular complexity index is 739. The lowest BCUT2D eigenvalue weighted by atomic mass is 9.74. The van der Waals surface area contributed by atoms with Crippen LogP contribution in [-0.4, -0.2) is 45.3 Å². The van der Waals surface area contributed by atoms with E-state index < -0.39 is 0 Å². The van der Waals surface area contributed by atoms with Crippen LogP contribution in [0.15, 0.2) is 35.4 Å². The number of carbonyl (C=O) groups excluding carboxylic acids is 2. The minimum Gasteiger partial charge on any atom is -0.350 e. The summed E-state index contributed by atoms with van der Waals surface area (Å²) in [5.41, 5.74) is 3.01. The number of thiazole rings is 1. The van der Waals surface area contributed by atoms with E-state index in [9.17, 15) is 9.59 Å². The number of nitrogens with one attached hydrogen (secondary N) is 1. The van der Waals surface area contributed by atoms with Crippen molar-refractivity contribution >= 4 is 23.2 Å². The average Bonchev–Trinajstić information content (AvgIpc) is 3.24. The third-order valence-electron chi connectivity index (χ3n) is 5.13. The summed E-state index contributed by atoms with van der Waals surface area (Å²) in [6.45, 7) is 1.26. The van der Waals surface area contributed by atoms with Crippen molar-refractivity contribution in [2.75, 3.05) is 13.1 Å². The molecule has 2 aliphatic heterocycles. The van der Waals surface area contributed by atoms with Gasteiger partial charge in [0.25, 0.3) is 5.91 Å². The molecule has 7 heteroatoms. The molecule has 2 aromatic heterocycles. The number of carbonyl (C=O) groups is 2. The zero-order chi connectivity index (χ0) is 16.6. The molecule has 0 saturated carbocycles. The normalized spacial score (nSPS) is 22.6. The predicted molar refractivity (Wildman–Crippen MR) is 89.7 cm³/mol. The lowest BCUT2D eigenvalue weighted by molar-refractivity contribution is -0.120. The highest BCUT2D eigenvalue weighted by atomic mass is 32.1. The zero-order valence-electron chi connectivity index (χ0n) is 13.1. The Hall–Kier alpha value is -2.28. The summed E-state index contributed by atoms with van der Waals surface area (Å²) in [5.74, 6) is 0.187. The second-order valence-electron chi connectivity index (χ2n) is 6.41. The number of rotatable bonds is 2. The second kappa shape index (κ2) is 5.98. The van der Waals surface area contributed by atoms with Gasteiger partial charge in [-0.3, -0.25) is 14.6 Å². The van der Waals surface area contributed by atoms with Gasteiger partial charge < -0.3 is 10.2 Å². The van der Waals surface area contributed by atoms with Crippen LogP contribution < -0.4 is 5.32 Å². The van der Waals surface area contributed by atoms with E-state index in [-0.39, 0.29) is 23.3 Å². The fourth-order valence-electron chi connectivity index (χ4n) is 3.88. The van der Waals surface area contributed by atoms with E-state index in [1.165, 1.54) is 11.3 Å². The SMILES string of the molecule is O=C1CC(c2cccnc2)C2(CCN(C(=O)c3cscn3)CC2)N1. The van der Waals surface area contributed by atoms with Gasteiger partial charge in [0.2, 0.25) is 5.91 Å². The molecule has 6 nitrogen and oxygen atoms in total. The molecule has 4 heterocycles. The number of piperidine rings is 1. The Labute approximate surface area is 143 Å². The van der Waals surface area contributed by atoms with Crippen molar-refractivity contribution in [1.82, 2.24) is 20.2 Å². The van der Waals surface area contributed by atoms with E-state index >= 15 is 0 Å². The minimum atomic E-state index is -0.265. The molecule has 1 atom stereocenters. The molecule has 2 amide bonds. The molecule has 4 rings (SSSR count). The molecule has 0 aliphatic carbocycles.